The summed E-state index contributed by atoms with van der Waals surface area (Å²) in [4.78, 5) is 17.1. The van der Waals surface area contributed by atoms with Crippen LogP contribution in [0.5, 0.6) is 5.75 Å². The van der Waals surface area contributed by atoms with Crippen LogP contribution in [0.3, 0.4) is 0 Å². The lowest BCUT2D eigenvalue weighted by Gasteiger charge is -2.11. The van der Waals surface area contributed by atoms with E-state index in [2.05, 4.69) is 10.1 Å². The van der Waals surface area contributed by atoms with Gasteiger partial charge in [-0.15, -0.1) is 5.10 Å². The number of rotatable bonds is 3. The van der Waals surface area contributed by atoms with Gasteiger partial charge in [0.25, 0.3) is 0 Å². The number of fused-ring (bicyclic) bond motifs is 3. The molecule has 2 heterocycles. The lowest BCUT2D eigenvalue weighted by Crippen LogP contribution is -2.23. The fourth-order valence-corrected chi connectivity index (χ4v) is 3.07. The molecule has 0 aliphatic rings. The summed E-state index contributed by atoms with van der Waals surface area (Å²) in [5, 5.41) is 4.11. The monoisotopic (exact) mass is 389 g/mol. The highest BCUT2D eigenvalue weighted by atomic mass is 19.4. The first-order chi connectivity index (χ1) is 13.3. The lowest BCUT2D eigenvalue weighted by molar-refractivity contribution is -0.138. The summed E-state index contributed by atoms with van der Waals surface area (Å²) < 4.78 is 47.1. The Kier molecular flexibility index (Phi) is 3.98. The molecule has 0 saturated heterocycles. The minimum absolute atomic E-state index is 0.00220. The second-order valence-corrected chi connectivity index (χ2v) is 6.11. The molecule has 0 amide bonds. The molecule has 0 bridgehead atoms. The molecule has 0 aliphatic heterocycles. The van der Waals surface area contributed by atoms with Gasteiger partial charge in [-0.3, -0.25) is 0 Å². The molecule has 0 spiro atoms. The van der Waals surface area contributed by atoms with Crippen molar-refractivity contribution in [2.24, 2.45) is 0 Å². The second-order valence-electron chi connectivity index (χ2n) is 6.11. The smallest absolute Gasteiger partial charge is 0.416 e. The van der Waals surface area contributed by atoms with E-state index in [1.165, 1.54) is 29.7 Å². The average molecular weight is 389 g/mol. The Bertz CT molecular complexity index is 1260. The zero-order valence-corrected chi connectivity index (χ0v) is 14.6. The average Bonchev–Trinajstić information content (AvgIpc) is 2.99. The lowest BCUT2D eigenvalue weighted by atomic mass is 10.1. The Morgan fingerprint density at radius 2 is 1.93 bits per heavy atom. The van der Waals surface area contributed by atoms with Crippen molar-refractivity contribution in [1.29, 1.82) is 0 Å². The van der Waals surface area contributed by atoms with Crippen molar-refractivity contribution >= 4 is 22.5 Å². The van der Waals surface area contributed by atoms with Crippen LogP contribution in [0.1, 0.15) is 11.1 Å². The second kappa shape index (κ2) is 6.25. The summed E-state index contributed by atoms with van der Waals surface area (Å²) in [6.45, 7) is -0.360. The number of nitrogens with zero attached hydrogens (tertiary/aromatic N) is 4. The van der Waals surface area contributed by atoms with Gasteiger partial charge in [0.05, 0.1) is 30.3 Å². The zero-order valence-electron chi connectivity index (χ0n) is 14.6. The Labute approximate surface area is 155 Å². The molecule has 2 N–H and O–H groups in total. The molecule has 0 aliphatic carbocycles. The molecule has 28 heavy (non-hydrogen) atoms. The van der Waals surface area contributed by atoms with E-state index < -0.39 is 17.4 Å². The number of aromatic nitrogens is 4. The van der Waals surface area contributed by atoms with E-state index in [1.807, 2.05) is 0 Å². The fraction of sp³-hybridized carbons (Fsp3) is 0.167. The summed E-state index contributed by atoms with van der Waals surface area (Å²) >= 11 is 0. The number of hydrogen-bond acceptors (Lipinski definition) is 5. The number of methoxy groups -OCH3 is 1. The van der Waals surface area contributed by atoms with Gasteiger partial charge in [-0.1, -0.05) is 18.2 Å². The number of nitrogen functional groups attached to an aromatic ring is 1. The maximum Gasteiger partial charge on any atom is 0.416 e. The van der Waals surface area contributed by atoms with Crippen molar-refractivity contribution in [3.8, 4) is 5.75 Å². The van der Waals surface area contributed by atoms with Gasteiger partial charge >= 0.3 is 11.9 Å². The predicted octanol–water partition coefficient (Wildman–Crippen LogP) is 2.70. The van der Waals surface area contributed by atoms with Crippen molar-refractivity contribution in [2.75, 3.05) is 12.8 Å². The molecular weight excluding hydrogens is 375 g/mol. The molecule has 7 nitrogen and oxygen atoms in total. The van der Waals surface area contributed by atoms with Crippen LogP contribution in [-0.2, 0) is 12.7 Å². The molecule has 2 aromatic carbocycles. The summed E-state index contributed by atoms with van der Waals surface area (Å²) in [7, 11) is 1.48. The Balaban J connectivity index is 1.93. The van der Waals surface area contributed by atoms with Gasteiger partial charge < -0.3 is 10.5 Å². The number of hydrogen-bond donors (Lipinski definition) is 1. The third-order valence-corrected chi connectivity index (χ3v) is 4.38. The predicted molar refractivity (Wildman–Crippen MR) is 96.3 cm³/mol. The molecule has 0 saturated carbocycles. The molecular formula is C18H14F3N5O2. The van der Waals surface area contributed by atoms with Crippen molar-refractivity contribution in [2.45, 2.75) is 12.7 Å². The van der Waals surface area contributed by atoms with Crippen molar-refractivity contribution in [3.05, 3.63) is 64.1 Å². The van der Waals surface area contributed by atoms with Crippen LogP contribution in [0.2, 0.25) is 0 Å². The van der Waals surface area contributed by atoms with E-state index in [9.17, 15) is 18.0 Å². The fourth-order valence-electron chi connectivity index (χ4n) is 3.07. The van der Waals surface area contributed by atoms with Gasteiger partial charge in [-0.05, 0) is 23.8 Å². The van der Waals surface area contributed by atoms with Crippen LogP contribution in [0.25, 0.3) is 16.7 Å². The van der Waals surface area contributed by atoms with E-state index in [0.717, 1.165) is 10.7 Å². The van der Waals surface area contributed by atoms with Gasteiger partial charge in [-0.2, -0.15) is 13.2 Å². The molecule has 0 fully saturated rings. The van der Waals surface area contributed by atoms with Gasteiger partial charge in [-0.25, -0.2) is 18.9 Å². The molecule has 4 rings (SSSR count). The molecule has 144 valence electrons. The molecule has 0 atom stereocenters. The number of benzene rings is 2. The first-order valence-electron chi connectivity index (χ1n) is 8.17. The molecule has 4 aromatic rings. The van der Waals surface area contributed by atoms with E-state index in [4.69, 9.17) is 10.5 Å². The van der Waals surface area contributed by atoms with Crippen LogP contribution in [0.15, 0.2) is 47.3 Å². The highest BCUT2D eigenvalue weighted by molar-refractivity contribution is 5.82. The zero-order chi connectivity index (χ0) is 20.1. The summed E-state index contributed by atoms with van der Waals surface area (Å²) in [6, 6.07) is 9.92. The quantitative estimate of drug-likeness (QED) is 0.582. The topological polar surface area (TPSA) is 87.4 Å². The number of halogens is 3. The normalized spacial score (nSPS) is 12.0. The van der Waals surface area contributed by atoms with Gasteiger partial charge in [0.15, 0.2) is 5.82 Å². The van der Waals surface area contributed by atoms with Crippen LogP contribution < -0.4 is 16.2 Å². The first kappa shape index (κ1) is 17.8. The third kappa shape index (κ3) is 2.82. The Morgan fingerprint density at radius 3 is 2.64 bits per heavy atom. The van der Waals surface area contributed by atoms with Gasteiger partial charge in [0.1, 0.15) is 5.75 Å². The number of alkyl halides is 3. The van der Waals surface area contributed by atoms with E-state index in [-0.39, 0.29) is 23.6 Å². The molecule has 2 aromatic heterocycles. The van der Waals surface area contributed by atoms with Crippen LogP contribution in [0.4, 0.5) is 19.0 Å². The largest absolute Gasteiger partial charge is 0.497 e. The summed E-state index contributed by atoms with van der Waals surface area (Å²) in [5.41, 5.74) is 5.28. The van der Waals surface area contributed by atoms with Crippen molar-refractivity contribution in [1.82, 2.24) is 19.2 Å². The SMILES string of the molecule is COc1ccc2nc(N)c3nn(Cc4ccccc4C(F)(F)F)c(=O)n3c2c1. The number of nitrogens with two attached hydrogens (primary N) is 1. The van der Waals surface area contributed by atoms with Gasteiger partial charge in [0, 0.05) is 6.07 Å². The maximum atomic E-state index is 13.3. The molecule has 10 heteroatoms. The first-order valence-corrected chi connectivity index (χ1v) is 8.17. The third-order valence-electron chi connectivity index (χ3n) is 4.38. The maximum absolute atomic E-state index is 13.3. The minimum Gasteiger partial charge on any atom is -0.497 e. The van der Waals surface area contributed by atoms with Crippen LogP contribution >= 0.6 is 0 Å². The van der Waals surface area contributed by atoms with E-state index in [0.29, 0.717) is 16.8 Å². The van der Waals surface area contributed by atoms with Gasteiger partial charge in [0.2, 0.25) is 5.65 Å². The number of anilines is 1. The number of ether oxygens (including phenoxy) is 1. The summed E-state index contributed by atoms with van der Waals surface area (Å²) in [6.07, 6.45) is -4.54. The van der Waals surface area contributed by atoms with Crippen molar-refractivity contribution in [3.63, 3.8) is 0 Å². The minimum atomic E-state index is -4.54. The van der Waals surface area contributed by atoms with E-state index in [1.54, 1.807) is 18.2 Å². The standard InChI is InChI=1S/C18H14F3N5O2/c1-28-11-6-7-13-14(8-11)26-16(15(22)23-13)24-25(17(26)27)9-10-4-2-3-5-12(10)18(19,20)21/h2-8H,9H2,1H3,(H2,22,23). The Morgan fingerprint density at radius 1 is 1.18 bits per heavy atom. The van der Waals surface area contributed by atoms with Crippen LogP contribution in [-0.4, -0.2) is 26.3 Å². The highest BCUT2D eigenvalue weighted by Crippen LogP contribution is 2.32. The highest BCUT2D eigenvalue weighted by Gasteiger charge is 2.33. The summed E-state index contributed by atoms with van der Waals surface area (Å²) in [5.74, 6) is 0.486. The Hall–Kier alpha value is -3.56. The molecule has 0 unspecified atom stereocenters. The molecule has 0 radical (unpaired) electrons. The van der Waals surface area contributed by atoms with E-state index >= 15 is 0 Å². The van der Waals surface area contributed by atoms with Crippen LogP contribution in [0, 0.1) is 0 Å². The van der Waals surface area contributed by atoms with Crippen molar-refractivity contribution < 1.29 is 17.9 Å².